The summed E-state index contributed by atoms with van der Waals surface area (Å²) < 4.78 is 40.5. The first-order valence-electron chi connectivity index (χ1n) is 5.95. The van der Waals surface area contributed by atoms with Gasteiger partial charge in [-0.1, -0.05) is 6.07 Å². The van der Waals surface area contributed by atoms with Crippen molar-refractivity contribution in [1.82, 2.24) is 5.32 Å². The SMILES string of the molecule is FC(F)(F)CCCOCCNCCc1cccs1. The fraction of sp³-hybridized carbons (Fsp3) is 0.667. The Kier molecular flexibility index (Phi) is 7.31. The van der Waals surface area contributed by atoms with Gasteiger partial charge >= 0.3 is 6.18 Å². The lowest BCUT2D eigenvalue weighted by Crippen LogP contribution is -2.22. The molecule has 0 radical (unpaired) electrons. The van der Waals surface area contributed by atoms with Gasteiger partial charge in [0, 0.05) is 31.0 Å². The molecule has 1 heterocycles. The third kappa shape index (κ3) is 8.49. The summed E-state index contributed by atoms with van der Waals surface area (Å²) >= 11 is 1.72. The smallest absolute Gasteiger partial charge is 0.380 e. The molecule has 2 nitrogen and oxygen atoms in total. The molecule has 0 atom stereocenters. The van der Waals surface area contributed by atoms with Crippen LogP contribution in [0.3, 0.4) is 0 Å². The van der Waals surface area contributed by atoms with Gasteiger partial charge < -0.3 is 10.1 Å². The first-order chi connectivity index (χ1) is 8.58. The molecule has 1 aromatic heterocycles. The molecule has 0 unspecified atom stereocenters. The Morgan fingerprint density at radius 3 is 2.72 bits per heavy atom. The Bertz CT molecular complexity index is 301. The molecule has 0 fully saturated rings. The molecule has 0 aliphatic carbocycles. The van der Waals surface area contributed by atoms with Crippen LogP contribution in [0.5, 0.6) is 0 Å². The van der Waals surface area contributed by atoms with Crippen LogP contribution >= 0.6 is 11.3 Å². The summed E-state index contributed by atoms with van der Waals surface area (Å²) in [7, 11) is 0. The van der Waals surface area contributed by atoms with Crippen molar-refractivity contribution in [1.29, 1.82) is 0 Å². The first kappa shape index (κ1) is 15.5. The van der Waals surface area contributed by atoms with Crippen molar-refractivity contribution in [2.45, 2.75) is 25.4 Å². The van der Waals surface area contributed by atoms with Crippen molar-refractivity contribution in [2.24, 2.45) is 0 Å². The Balaban J connectivity index is 1.82. The maximum absolute atomic E-state index is 11.8. The minimum absolute atomic E-state index is 0.0404. The number of halogens is 3. The normalized spacial score (nSPS) is 11.9. The van der Waals surface area contributed by atoms with E-state index >= 15 is 0 Å². The lowest BCUT2D eigenvalue weighted by atomic mass is 10.3. The zero-order chi connectivity index (χ0) is 13.3. The highest BCUT2D eigenvalue weighted by Gasteiger charge is 2.25. The van der Waals surface area contributed by atoms with Gasteiger partial charge in [-0.25, -0.2) is 0 Å². The predicted octanol–water partition coefficient (Wildman–Crippen LogP) is 3.24. The standard InChI is InChI=1S/C12H18F3NOS/c13-12(14,15)5-2-8-17-9-7-16-6-4-11-3-1-10-18-11/h1,3,10,16H,2,4-9H2. The minimum Gasteiger partial charge on any atom is -0.380 e. The summed E-state index contributed by atoms with van der Waals surface area (Å²) in [5, 5.41) is 5.23. The number of alkyl halides is 3. The Morgan fingerprint density at radius 2 is 2.06 bits per heavy atom. The maximum atomic E-state index is 11.8. The fourth-order valence-electron chi connectivity index (χ4n) is 1.41. The molecular formula is C12H18F3NOS. The van der Waals surface area contributed by atoms with Crippen molar-refractivity contribution < 1.29 is 17.9 Å². The number of ether oxygens (including phenoxy) is 1. The minimum atomic E-state index is -4.07. The van der Waals surface area contributed by atoms with E-state index in [4.69, 9.17) is 4.74 Å². The van der Waals surface area contributed by atoms with E-state index in [2.05, 4.69) is 11.4 Å². The number of hydrogen-bond acceptors (Lipinski definition) is 3. The molecule has 0 spiro atoms. The summed E-state index contributed by atoms with van der Waals surface area (Å²) in [4.78, 5) is 1.33. The molecule has 0 aromatic carbocycles. The van der Waals surface area contributed by atoms with Gasteiger partial charge in [0.15, 0.2) is 0 Å². The monoisotopic (exact) mass is 281 g/mol. The maximum Gasteiger partial charge on any atom is 0.389 e. The molecule has 1 rings (SSSR count). The van der Waals surface area contributed by atoms with Gasteiger partial charge in [0.2, 0.25) is 0 Å². The number of rotatable bonds is 9. The van der Waals surface area contributed by atoms with E-state index in [1.165, 1.54) is 4.88 Å². The van der Waals surface area contributed by atoms with Crippen LogP contribution in [0.2, 0.25) is 0 Å². The van der Waals surface area contributed by atoms with E-state index < -0.39 is 12.6 Å². The Labute approximate surface area is 109 Å². The average molecular weight is 281 g/mol. The third-order valence-electron chi connectivity index (χ3n) is 2.30. The largest absolute Gasteiger partial charge is 0.389 e. The third-order valence-corrected chi connectivity index (χ3v) is 3.24. The van der Waals surface area contributed by atoms with Crippen molar-refractivity contribution in [2.75, 3.05) is 26.3 Å². The van der Waals surface area contributed by atoms with Crippen LogP contribution in [0.25, 0.3) is 0 Å². The van der Waals surface area contributed by atoms with E-state index in [0.29, 0.717) is 13.2 Å². The van der Waals surface area contributed by atoms with Gasteiger partial charge in [0.25, 0.3) is 0 Å². The molecule has 0 saturated carbocycles. The van der Waals surface area contributed by atoms with E-state index in [-0.39, 0.29) is 13.0 Å². The van der Waals surface area contributed by atoms with Crippen molar-refractivity contribution in [3.63, 3.8) is 0 Å². The van der Waals surface area contributed by atoms with Crippen molar-refractivity contribution >= 4 is 11.3 Å². The van der Waals surface area contributed by atoms with Crippen LogP contribution in [0.4, 0.5) is 13.2 Å². The number of thiophene rings is 1. The van der Waals surface area contributed by atoms with E-state index in [0.717, 1.165) is 13.0 Å². The quantitative estimate of drug-likeness (QED) is 0.702. The van der Waals surface area contributed by atoms with Gasteiger partial charge in [-0.3, -0.25) is 0 Å². The molecule has 18 heavy (non-hydrogen) atoms. The zero-order valence-electron chi connectivity index (χ0n) is 10.1. The molecule has 0 aliphatic rings. The molecular weight excluding hydrogens is 263 g/mol. The van der Waals surface area contributed by atoms with E-state index in [1.807, 2.05) is 11.4 Å². The molecule has 0 aliphatic heterocycles. The highest BCUT2D eigenvalue weighted by atomic mass is 32.1. The molecule has 1 N–H and O–H groups in total. The summed E-state index contributed by atoms with van der Waals surface area (Å²) in [6.07, 6.45) is -3.81. The van der Waals surface area contributed by atoms with Gasteiger partial charge in [-0.05, 0) is 24.3 Å². The predicted molar refractivity (Wildman–Crippen MR) is 67.0 cm³/mol. The molecule has 0 bridgehead atoms. The molecule has 6 heteroatoms. The highest BCUT2D eigenvalue weighted by molar-refractivity contribution is 7.09. The second-order valence-electron chi connectivity index (χ2n) is 3.91. The van der Waals surface area contributed by atoms with Gasteiger partial charge in [0.1, 0.15) is 0 Å². The van der Waals surface area contributed by atoms with Crippen LogP contribution in [0.15, 0.2) is 17.5 Å². The summed E-state index contributed by atoms with van der Waals surface area (Å²) in [5.41, 5.74) is 0. The van der Waals surface area contributed by atoms with E-state index in [9.17, 15) is 13.2 Å². The zero-order valence-corrected chi connectivity index (χ0v) is 10.9. The summed E-state index contributed by atoms with van der Waals surface area (Å²) in [5.74, 6) is 0. The number of nitrogens with one attached hydrogen (secondary N) is 1. The summed E-state index contributed by atoms with van der Waals surface area (Å²) in [6, 6.07) is 4.10. The van der Waals surface area contributed by atoms with E-state index in [1.54, 1.807) is 11.3 Å². The molecule has 0 amide bonds. The lowest BCUT2D eigenvalue weighted by molar-refractivity contribution is -0.137. The Hall–Kier alpha value is -0.590. The van der Waals surface area contributed by atoms with Gasteiger partial charge in [0.05, 0.1) is 6.61 Å². The second kappa shape index (κ2) is 8.50. The molecule has 1 aromatic rings. The molecule has 104 valence electrons. The van der Waals surface area contributed by atoms with Gasteiger partial charge in [-0.2, -0.15) is 13.2 Å². The van der Waals surface area contributed by atoms with Crippen LogP contribution in [-0.4, -0.2) is 32.5 Å². The topological polar surface area (TPSA) is 21.3 Å². The first-order valence-corrected chi connectivity index (χ1v) is 6.83. The summed E-state index contributed by atoms with van der Waals surface area (Å²) in [6.45, 7) is 2.18. The van der Waals surface area contributed by atoms with Gasteiger partial charge in [-0.15, -0.1) is 11.3 Å². The average Bonchev–Trinajstić information content (AvgIpc) is 2.78. The Morgan fingerprint density at radius 1 is 1.22 bits per heavy atom. The van der Waals surface area contributed by atoms with Crippen LogP contribution in [-0.2, 0) is 11.2 Å². The van der Waals surface area contributed by atoms with Crippen molar-refractivity contribution in [3.8, 4) is 0 Å². The van der Waals surface area contributed by atoms with Crippen molar-refractivity contribution in [3.05, 3.63) is 22.4 Å². The molecule has 0 saturated heterocycles. The van der Waals surface area contributed by atoms with Crippen LogP contribution in [0, 0.1) is 0 Å². The lowest BCUT2D eigenvalue weighted by Gasteiger charge is -2.07. The van der Waals surface area contributed by atoms with Crippen LogP contribution < -0.4 is 5.32 Å². The van der Waals surface area contributed by atoms with Crippen LogP contribution in [0.1, 0.15) is 17.7 Å². The highest BCUT2D eigenvalue weighted by Crippen LogP contribution is 2.20. The fourth-order valence-corrected chi connectivity index (χ4v) is 2.12. The number of hydrogen-bond donors (Lipinski definition) is 1. The second-order valence-corrected chi connectivity index (χ2v) is 4.94.